The highest BCUT2D eigenvalue weighted by atomic mass is 16.5. The van der Waals surface area contributed by atoms with Crippen molar-refractivity contribution in [3.8, 4) is 0 Å². The molecule has 1 rings (SSSR count). The molecule has 0 N–H and O–H groups in total. The first-order chi connectivity index (χ1) is 6.24. The minimum atomic E-state index is -0.0984. The van der Waals surface area contributed by atoms with Crippen LogP contribution in [0.3, 0.4) is 0 Å². The molecule has 0 aromatic heterocycles. The average Bonchev–Trinajstić information content (AvgIpc) is 2.15. The van der Waals surface area contributed by atoms with Crippen LogP contribution in [0.25, 0.3) is 0 Å². The number of benzene rings is 1. The Morgan fingerprint density at radius 3 is 2.46 bits per heavy atom. The summed E-state index contributed by atoms with van der Waals surface area (Å²) in [4.78, 5) is 10.9. The Morgan fingerprint density at radius 2 is 2.00 bits per heavy atom. The van der Waals surface area contributed by atoms with E-state index in [1.807, 2.05) is 30.3 Å². The maximum atomic E-state index is 10.9. The first-order valence-corrected chi connectivity index (χ1v) is 4.31. The van der Waals surface area contributed by atoms with E-state index in [4.69, 9.17) is 4.74 Å². The molecule has 0 saturated carbocycles. The van der Waals surface area contributed by atoms with Gasteiger partial charge in [-0.15, -0.1) is 0 Å². The fraction of sp³-hybridized carbons (Fsp3) is 0.364. The lowest BCUT2D eigenvalue weighted by atomic mass is 10.1. The van der Waals surface area contributed by atoms with Crippen LogP contribution >= 0.6 is 0 Å². The van der Waals surface area contributed by atoms with E-state index in [0.29, 0.717) is 6.42 Å². The molecule has 1 aromatic rings. The summed E-state index contributed by atoms with van der Waals surface area (Å²) in [6.07, 6.45) is 0.347. The van der Waals surface area contributed by atoms with E-state index >= 15 is 0 Å². The van der Waals surface area contributed by atoms with Crippen molar-refractivity contribution in [1.82, 2.24) is 0 Å². The minimum Gasteiger partial charge on any atom is -0.376 e. The predicted octanol–water partition coefficient (Wildman–Crippen LogP) is 2.35. The zero-order valence-electron chi connectivity index (χ0n) is 7.99. The second-order valence-corrected chi connectivity index (χ2v) is 3.04. The van der Waals surface area contributed by atoms with Crippen molar-refractivity contribution >= 4 is 5.78 Å². The Morgan fingerprint density at radius 1 is 1.38 bits per heavy atom. The van der Waals surface area contributed by atoms with Gasteiger partial charge in [-0.2, -0.15) is 0 Å². The topological polar surface area (TPSA) is 26.3 Å². The highest BCUT2D eigenvalue weighted by Crippen LogP contribution is 2.19. The molecule has 0 aliphatic rings. The first-order valence-electron chi connectivity index (χ1n) is 4.31. The zero-order valence-corrected chi connectivity index (χ0v) is 7.99. The molecule has 0 bridgehead atoms. The van der Waals surface area contributed by atoms with E-state index in [2.05, 4.69) is 0 Å². The van der Waals surface area contributed by atoms with E-state index in [1.165, 1.54) is 0 Å². The van der Waals surface area contributed by atoms with Crippen molar-refractivity contribution < 1.29 is 9.53 Å². The SMILES string of the molecule is CO[C@@H](CC(C)=O)c1ccccc1. The molecular weight excluding hydrogens is 164 g/mol. The summed E-state index contributed by atoms with van der Waals surface area (Å²) in [6.45, 7) is 1.58. The number of hydrogen-bond donors (Lipinski definition) is 0. The zero-order chi connectivity index (χ0) is 9.68. The third kappa shape index (κ3) is 2.99. The molecule has 2 heteroatoms. The van der Waals surface area contributed by atoms with Gasteiger partial charge in [-0.3, -0.25) is 4.79 Å². The Kier molecular flexibility index (Phi) is 3.65. The predicted molar refractivity (Wildman–Crippen MR) is 51.5 cm³/mol. The lowest BCUT2D eigenvalue weighted by Crippen LogP contribution is -2.05. The van der Waals surface area contributed by atoms with Crippen molar-refractivity contribution in [2.24, 2.45) is 0 Å². The molecule has 70 valence electrons. The van der Waals surface area contributed by atoms with E-state index < -0.39 is 0 Å². The van der Waals surface area contributed by atoms with Crippen LogP contribution in [0.5, 0.6) is 0 Å². The second-order valence-electron chi connectivity index (χ2n) is 3.04. The standard InChI is InChI=1S/C11H14O2/c1-9(12)8-11(13-2)10-6-4-3-5-7-10/h3-7,11H,8H2,1-2H3/t11-/m0/s1. The molecular formula is C11H14O2. The van der Waals surface area contributed by atoms with Gasteiger partial charge in [0.1, 0.15) is 5.78 Å². The summed E-state index contributed by atoms with van der Waals surface area (Å²) in [6, 6.07) is 9.78. The average molecular weight is 178 g/mol. The van der Waals surface area contributed by atoms with Gasteiger partial charge < -0.3 is 4.74 Å². The summed E-state index contributed by atoms with van der Waals surface area (Å²) in [5.74, 6) is 0.149. The highest BCUT2D eigenvalue weighted by Gasteiger charge is 2.11. The van der Waals surface area contributed by atoms with Gasteiger partial charge in [0, 0.05) is 13.5 Å². The van der Waals surface area contributed by atoms with Gasteiger partial charge in [-0.25, -0.2) is 0 Å². The summed E-state index contributed by atoms with van der Waals surface area (Å²) in [5.41, 5.74) is 1.06. The van der Waals surface area contributed by atoms with Crippen LogP contribution < -0.4 is 0 Å². The molecule has 2 nitrogen and oxygen atoms in total. The molecule has 0 radical (unpaired) electrons. The normalized spacial score (nSPS) is 12.5. The van der Waals surface area contributed by atoms with Crippen molar-refractivity contribution in [2.75, 3.05) is 7.11 Å². The third-order valence-electron chi connectivity index (χ3n) is 1.93. The van der Waals surface area contributed by atoms with Crippen LogP contribution in [0.2, 0.25) is 0 Å². The Balaban J connectivity index is 2.73. The van der Waals surface area contributed by atoms with Crippen LogP contribution in [0.4, 0.5) is 0 Å². The molecule has 0 amide bonds. The third-order valence-corrected chi connectivity index (χ3v) is 1.93. The number of ketones is 1. The van der Waals surface area contributed by atoms with Crippen LogP contribution in [0.15, 0.2) is 30.3 Å². The van der Waals surface area contributed by atoms with Crippen LogP contribution in [-0.4, -0.2) is 12.9 Å². The lowest BCUT2D eigenvalue weighted by Gasteiger charge is -2.13. The van der Waals surface area contributed by atoms with Crippen molar-refractivity contribution in [3.05, 3.63) is 35.9 Å². The largest absolute Gasteiger partial charge is 0.376 e. The summed E-state index contributed by atoms with van der Waals surface area (Å²) >= 11 is 0. The van der Waals surface area contributed by atoms with E-state index in [9.17, 15) is 4.79 Å². The van der Waals surface area contributed by atoms with Gasteiger partial charge in [0.05, 0.1) is 6.10 Å². The Labute approximate surface area is 78.5 Å². The smallest absolute Gasteiger partial charge is 0.132 e. The highest BCUT2D eigenvalue weighted by molar-refractivity contribution is 5.76. The van der Waals surface area contributed by atoms with E-state index in [-0.39, 0.29) is 11.9 Å². The van der Waals surface area contributed by atoms with Crippen molar-refractivity contribution in [1.29, 1.82) is 0 Å². The minimum absolute atomic E-state index is 0.0984. The van der Waals surface area contributed by atoms with Gasteiger partial charge in [0.15, 0.2) is 0 Å². The molecule has 13 heavy (non-hydrogen) atoms. The summed E-state index contributed by atoms with van der Waals surface area (Å²) in [7, 11) is 1.63. The molecule has 0 heterocycles. The molecule has 1 atom stereocenters. The number of carbonyl (C=O) groups is 1. The van der Waals surface area contributed by atoms with Gasteiger partial charge >= 0.3 is 0 Å². The van der Waals surface area contributed by atoms with Gasteiger partial charge in [0.2, 0.25) is 0 Å². The Hall–Kier alpha value is -1.15. The number of ether oxygens (including phenoxy) is 1. The van der Waals surface area contributed by atoms with Crippen LogP contribution in [-0.2, 0) is 9.53 Å². The van der Waals surface area contributed by atoms with Crippen molar-refractivity contribution in [3.63, 3.8) is 0 Å². The van der Waals surface area contributed by atoms with Gasteiger partial charge in [-0.05, 0) is 12.5 Å². The molecule has 0 unspecified atom stereocenters. The van der Waals surface area contributed by atoms with Gasteiger partial charge in [0.25, 0.3) is 0 Å². The molecule has 0 fully saturated rings. The fourth-order valence-electron chi connectivity index (χ4n) is 1.27. The van der Waals surface area contributed by atoms with E-state index in [1.54, 1.807) is 14.0 Å². The number of Topliss-reactive ketones (excluding diaryl/α,β-unsaturated/α-hetero) is 1. The van der Waals surface area contributed by atoms with Crippen LogP contribution in [0, 0.1) is 0 Å². The van der Waals surface area contributed by atoms with Crippen molar-refractivity contribution in [2.45, 2.75) is 19.4 Å². The second kappa shape index (κ2) is 4.77. The lowest BCUT2D eigenvalue weighted by molar-refractivity contribution is -0.119. The maximum Gasteiger partial charge on any atom is 0.132 e. The number of carbonyl (C=O) groups excluding carboxylic acids is 1. The maximum absolute atomic E-state index is 10.9. The number of rotatable bonds is 4. The molecule has 0 spiro atoms. The monoisotopic (exact) mass is 178 g/mol. The number of hydrogen-bond acceptors (Lipinski definition) is 2. The van der Waals surface area contributed by atoms with Crippen LogP contribution in [0.1, 0.15) is 25.0 Å². The van der Waals surface area contributed by atoms with E-state index in [0.717, 1.165) is 5.56 Å². The molecule has 0 aliphatic carbocycles. The first kappa shape index (κ1) is 9.93. The quantitative estimate of drug-likeness (QED) is 0.707. The molecule has 0 aliphatic heterocycles. The summed E-state index contributed by atoms with van der Waals surface area (Å²) in [5, 5.41) is 0. The fourth-order valence-corrected chi connectivity index (χ4v) is 1.27. The molecule has 1 aromatic carbocycles. The Bertz CT molecular complexity index is 267. The summed E-state index contributed by atoms with van der Waals surface area (Å²) < 4.78 is 5.23. The van der Waals surface area contributed by atoms with Gasteiger partial charge in [-0.1, -0.05) is 30.3 Å². The number of methoxy groups -OCH3 is 1. The molecule has 0 saturated heterocycles.